The van der Waals surface area contributed by atoms with Crippen LogP contribution in [0.5, 0.6) is 11.5 Å². The number of likely N-dealkylation sites (N-methyl/N-ethyl adjacent to an activating group) is 1. The highest BCUT2D eigenvalue weighted by molar-refractivity contribution is 5.80. The molecule has 25 heavy (non-hydrogen) atoms. The van der Waals surface area contributed by atoms with Gasteiger partial charge in [-0.25, -0.2) is 0 Å². The van der Waals surface area contributed by atoms with Crippen LogP contribution in [0.25, 0.3) is 0 Å². The second-order valence-electron chi connectivity index (χ2n) is 6.09. The molecule has 5 heteroatoms. The average Bonchev–Trinajstić information content (AvgIpc) is 2.65. The Morgan fingerprint density at radius 3 is 2.36 bits per heavy atom. The highest BCUT2D eigenvalue weighted by Gasteiger charge is 2.21. The topological polar surface area (TPSA) is 66.4 Å². The van der Waals surface area contributed by atoms with E-state index in [2.05, 4.69) is 5.73 Å². The Morgan fingerprint density at radius 1 is 1.04 bits per heavy atom. The maximum atomic E-state index is 12.5. The van der Waals surface area contributed by atoms with Crippen LogP contribution < -0.4 is 15.2 Å². The van der Waals surface area contributed by atoms with E-state index < -0.39 is 0 Å². The molecule has 2 aromatic rings. The van der Waals surface area contributed by atoms with Crippen molar-refractivity contribution in [3.05, 3.63) is 59.7 Å². The number of carbonyl (C=O) groups excluding carboxylic acids is 1. The number of carbonyl (C=O) groups is 1. The molecule has 3 N–H and O–H groups in total. The summed E-state index contributed by atoms with van der Waals surface area (Å²) >= 11 is 0. The Hall–Kier alpha value is -2.53. The van der Waals surface area contributed by atoms with Crippen LogP contribution in [0, 0.1) is 0 Å². The van der Waals surface area contributed by atoms with E-state index in [-0.39, 0.29) is 11.9 Å². The molecule has 1 atom stereocenters. The lowest BCUT2D eigenvalue weighted by molar-refractivity contribution is -0.405. The van der Waals surface area contributed by atoms with Gasteiger partial charge >= 0.3 is 0 Å². The Morgan fingerprint density at radius 2 is 1.72 bits per heavy atom. The SMILES string of the molecule is COc1ccc(CCN(C)C(=O)[C@H]([NH3+])Cc2ccccc2)cc1OC. The van der Waals surface area contributed by atoms with Gasteiger partial charge in [-0.3, -0.25) is 4.79 Å². The maximum Gasteiger partial charge on any atom is 0.280 e. The smallest absolute Gasteiger partial charge is 0.280 e. The molecule has 134 valence electrons. The minimum Gasteiger partial charge on any atom is -0.493 e. The third-order valence-corrected chi connectivity index (χ3v) is 4.23. The van der Waals surface area contributed by atoms with Crippen molar-refractivity contribution in [1.82, 2.24) is 4.90 Å². The average molecular weight is 343 g/mol. The van der Waals surface area contributed by atoms with Gasteiger partial charge in [-0.05, 0) is 29.7 Å². The molecule has 0 heterocycles. The molecule has 0 saturated carbocycles. The first-order valence-corrected chi connectivity index (χ1v) is 8.38. The number of methoxy groups -OCH3 is 2. The van der Waals surface area contributed by atoms with Crippen LogP contribution in [0.1, 0.15) is 11.1 Å². The van der Waals surface area contributed by atoms with Crippen LogP contribution >= 0.6 is 0 Å². The fourth-order valence-corrected chi connectivity index (χ4v) is 2.74. The number of hydrogen-bond donors (Lipinski definition) is 1. The number of amides is 1. The van der Waals surface area contributed by atoms with Gasteiger partial charge in [-0.1, -0.05) is 36.4 Å². The van der Waals surface area contributed by atoms with Gasteiger partial charge in [0.25, 0.3) is 5.91 Å². The zero-order valence-electron chi connectivity index (χ0n) is 15.2. The quantitative estimate of drug-likeness (QED) is 0.791. The summed E-state index contributed by atoms with van der Waals surface area (Å²) in [6, 6.07) is 15.5. The van der Waals surface area contributed by atoms with E-state index in [1.54, 1.807) is 19.1 Å². The van der Waals surface area contributed by atoms with Crippen LogP contribution in [0.3, 0.4) is 0 Å². The molecule has 0 aliphatic heterocycles. The predicted molar refractivity (Wildman–Crippen MR) is 97.7 cm³/mol. The summed E-state index contributed by atoms with van der Waals surface area (Å²) in [6.07, 6.45) is 1.40. The van der Waals surface area contributed by atoms with Gasteiger partial charge in [0.2, 0.25) is 0 Å². The van der Waals surface area contributed by atoms with Crippen molar-refractivity contribution in [2.24, 2.45) is 0 Å². The number of quaternary nitrogens is 1. The molecule has 0 aliphatic carbocycles. The van der Waals surface area contributed by atoms with Gasteiger partial charge in [0.05, 0.1) is 14.2 Å². The summed E-state index contributed by atoms with van der Waals surface area (Å²) in [5.74, 6) is 1.47. The fraction of sp³-hybridized carbons (Fsp3) is 0.350. The van der Waals surface area contributed by atoms with E-state index in [1.807, 2.05) is 55.6 Å². The van der Waals surface area contributed by atoms with Crippen molar-refractivity contribution >= 4 is 5.91 Å². The molecular weight excluding hydrogens is 316 g/mol. The van der Waals surface area contributed by atoms with Crippen molar-refractivity contribution < 1.29 is 20.0 Å². The van der Waals surface area contributed by atoms with Gasteiger partial charge in [-0.2, -0.15) is 0 Å². The fourth-order valence-electron chi connectivity index (χ4n) is 2.74. The third kappa shape index (κ3) is 5.22. The lowest BCUT2D eigenvalue weighted by Crippen LogP contribution is -2.68. The van der Waals surface area contributed by atoms with Crippen LogP contribution in [0.15, 0.2) is 48.5 Å². The highest BCUT2D eigenvalue weighted by Crippen LogP contribution is 2.27. The van der Waals surface area contributed by atoms with Crippen molar-refractivity contribution in [3.8, 4) is 11.5 Å². The molecule has 0 bridgehead atoms. The number of rotatable bonds is 8. The van der Waals surface area contributed by atoms with E-state index in [9.17, 15) is 4.79 Å². The van der Waals surface area contributed by atoms with Gasteiger partial charge in [0.15, 0.2) is 17.5 Å². The van der Waals surface area contributed by atoms with E-state index in [0.29, 0.717) is 24.5 Å². The predicted octanol–water partition coefficient (Wildman–Crippen LogP) is 1.56. The van der Waals surface area contributed by atoms with Crippen molar-refractivity contribution in [3.63, 3.8) is 0 Å². The Balaban J connectivity index is 1.90. The molecule has 1 amide bonds. The normalized spacial score (nSPS) is 11.7. The maximum absolute atomic E-state index is 12.5. The minimum absolute atomic E-state index is 0.0596. The second kappa shape index (κ2) is 9.08. The van der Waals surface area contributed by atoms with Crippen molar-refractivity contribution in [2.75, 3.05) is 27.8 Å². The van der Waals surface area contributed by atoms with E-state index in [1.165, 1.54) is 0 Å². The number of ether oxygens (including phenoxy) is 2. The minimum atomic E-state index is -0.280. The van der Waals surface area contributed by atoms with Gasteiger partial charge in [-0.15, -0.1) is 0 Å². The van der Waals surface area contributed by atoms with Crippen LogP contribution in [-0.4, -0.2) is 44.7 Å². The summed E-state index contributed by atoms with van der Waals surface area (Å²) < 4.78 is 10.6. The molecule has 0 radical (unpaired) electrons. The van der Waals surface area contributed by atoms with Crippen molar-refractivity contribution in [2.45, 2.75) is 18.9 Å². The highest BCUT2D eigenvalue weighted by atomic mass is 16.5. The van der Waals surface area contributed by atoms with E-state index in [4.69, 9.17) is 9.47 Å². The standard InChI is InChI=1S/C20H26N2O3/c1-22(20(23)17(21)13-15-7-5-4-6-8-15)12-11-16-9-10-18(24-2)19(14-16)25-3/h4-10,14,17H,11-13,21H2,1-3H3/p+1/t17-/m1/s1. The lowest BCUT2D eigenvalue weighted by atomic mass is 10.1. The first kappa shape index (κ1) is 18.8. The second-order valence-corrected chi connectivity index (χ2v) is 6.09. The van der Waals surface area contributed by atoms with Crippen LogP contribution in [-0.2, 0) is 17.6 Å². The van der Waals surface area contributed by atoms with E-state index >= 15 is 0 Å². The molecule has 0 aromatic heterocycles. The lowest BCUT2D eigenvalue weighted by Gasteiger charge is -2.20. The Labute approximate surface area is 149 Å². The first-order chi connectivity index (χ1) is 12.0. The molecule has 0 spiro atoms. The van der Waals surface area contributed by atoms with Crippen LogP contribution in [0.4, 0.5) is 0 Å². The monoisotopic (exact) mass is 343 g/mol. The van der Waals surface area contributed by atoms with Gasteiger partial charge in [0, 0.05) is 20.0 Å². The molecule has 0 fully saturated rings. The summed E-state index contributed by atoms with van der Waals surface area (Å²) in [6.45, 7) is 0.634. The van der Waals surface area contributed by atoms with Crippen molar-refractivity contribution in [1.29, 1.82) is 0 Å². The molecule has 0 saturated heterocycles. The number of benzene rings is 2. The molecule has 5 nitrogen and oxygen atoms in total. The zero-order valence-corrected chi connectivity index (χ0v) is 15.2. The summed E-state index contributed by atoms with van der Waals surface area (Å²) in [5.41, 5.74) is 6.26. The summed E-state index contributed by atoms with van der Waals surface area (Å²) in [4.78, 5) is 14.3. The Bertz CT molecular complexity index is 689. The van der Waals surface area contributed by atoms with Gasteiger partial charge in [0.1, 0.15) is 0 Å². The molecule has 0 aliphatic rings. The summed E-state index contributed by atoms with van der Waals surface area (Å²) in [5, 5.41) is 0. The molecular formula is C20H27N2O3+. The largest absolute Gasteiger partial charge is 0.493 e. The molecule has 2 rings (SSSR count). The van der Waals surface area contributed by atoms with E-state index in [0.717, 1.165) is 17.5 Å². The van der Waals surface area contributed by atoms with Gasteiger partial charge < -0.3 is 20.1 Å². The molecule has 2 aromatic carbocycles. The Kier molecular flexibility index (Phi) is 6.83. The molecule has 0 unspecified atom stereocenters. The number of hydrogen-bond acceptors (Lipinski definition) is 3. The van der Waals surface area contributed by atoms with Crippen LogP contribution in [0.2, 0.25) is 0 Å². The zero-order chi connectivity index (χ0) is 18.2. The first-order valence-electron chi connectivity index (χ1n) is 8.38. The number of nitrogens with zero attached hydrogens (tertiary/aromatic N) is 1. The third-order valence-electron chi connectivity index (χ3n) is 4.23. The summed E-state index contributed by atoms with van der Waals surface area (Å²) in [7, 11) is 5.06.